The van der Waals surface area contributed by atoms with Gasteiger partial charge in [-0.2, -0.15) is 0 Å². The number of nitrogens with zero attached hydrogens (tertiary/aromatic N) is 6. The molecular weight excluding hydrogens is 316 g/mol. The van der Waals surface area contributed by atoms with Crippen LogP contribution in [0.15, 0.2) is 53.0 Å². The normalized spacial score (nSPS) is 10.7. The maximum Gasteiger partial charge on any atom is 0.301 e. The van der Waals surface area contributed by atoms with Crippen LogP contribution < -0.4 is 0 Å². The van der Waals surface area contributed by atoms with Gasteiger partial charge in [-0.25, -0.2) is 4.98 Å². The van der Waals surface area contributed by atoms with Crippen LogP contribution in [-0.2, 0) is 6.54 Å². The Hall–Kier alpha value is -2.81. The Morgan fingerprint density at radius 1 is 1.22 bits per heavy atom. The van der Waals surface area contributed by atoms with Crippen LogP contribution in [0.25, 0.3) is 11.4 Å². The fourth-order valence-corrected chi connectivity index (χ4v) is 2.99. The fourth-order valence-electron chi connectivity index (χ4n) is 2.05. The van der Waals surface area contributed by atoms with Crippen molar-refractivity contribution in [3.05, 3.63) is 53.0 Å². The smallest absolute Gasteiger partial charge is 0.301 e. The molecule has 0 amide bonds. The number of pyridine rings is 2. The van der Waals surface area contributed by atoms with Gasteiger partial charge in [0.1, 0.15) is 0 Å². The molecule has 9 heteroatoms. The van der Waals surface area contributed by atoms with Crippen LogP contribution in [-0.4, -0.2) is 29.7 Å². The third-order valence-electron chi connectivity index (χ3n) is 3.11. The lowest BCUT2D eigenvalue weighted by atomic mass is 10.2. The molecule has 0 N–H and O–H groups in total. The average Bonchev–Trinajstić information content (AvgIpc) is 2.98. The zero-order chi connectivity index (χ0) is 16.2. The van der Waals surface area contributed by atoms with Gasteiger partial charge in [0.05, 0.1) is 4.92 Å². The second kappa shape index (κ2) is 6.53. The summed E-state index contributed by atoms with van der Waals surface area (Å²) in [5.74, 6) is 0.691. The molecule has 8 nitrogen and oxygen atoms in total. The van der Waals surface area contributed by atoms with Crippen LogP contribution in [0, 0.1) is 10.1 Å². The molecule has 3 aromatic rings. The van der Waals surface area contributed by atoms with Crippen molar-refractivity contribution in [2.45, 2.75) is 23.7 Å². The summed E-state index contributed by atoms with van der Waals surface area (Å²) in [5, 5.41) is 20.3. The molecule has 3 heterocycles. The Labute approximate surface area is 135 Å². The standard InChI is InChI=1S/C14H12N6O2S/c1-2-19-12(10-5-8-15-9-6-10)17-18-14(19)23-13-11(20(21)22)4-3-7-16-13/h3-9H,2H2,1H3. The summed E-state index contributed by atoms with van der Waals surface area (Å²) in [6.45, 7) is 2.60. The Balaban J connectivity index is 1.99. The molecule has 0 aliphatic heterocycles. The predicted molar refractivity (Wildman–Crippen MR) is 83.9 cm³/mol. The van der Waals surface area contributed by atoms with E-state index in [0.29, 0.717) is 22.6 Å². The molecule has 0 saturated carbocycles. The Morgan fingerprint density at radius 2 is 2.00 bits per heavy atom. The van der Waals surface area contributed by atoms with E-state index in [-0.39, 0.29) is 5.69 Å². The first-order valence-electron chi connectivity index (χ1n) is 6.81. The molecule has 0 fully saturated rings. The highest BCUT2D eigenvalue weighted by molar-refractivity contribution is 7.99. The van der Waals surface area contributed by atoms with Crippen molar-refractivity contribution in [2.75, 3.05) is 0 Å². The largest absolute Gasteiger partial charge is 0.302 e. The molecule has 0 unspecified atom stereocenters. The van der Waals surface area contributed by atoms with Crippen LogP contribution in [0.2, 0.25) is 0 Å². The van der Waals surface area contributed by atoms with E-state index in [1.807, 2.05) is 23.6 Å². The highest BCUT2D eigenvalue weighted by Gasteiger charge is 2.20. The van der Waals surface area contributed by atoms with Crippen molar-refractivity contribution < 1.29 is 4.92 Å². The molecule has 0 aliphatic rings. The molecule has 0 saturated heterocycles. The molecule has 0 radical (unpaired) electrons. The molecule has 0 aromatic carbocycles. The van der Waals surface area contributed by atoms with Crippen LogP contribution >= 0.6 is 11.8 Å². The lowest BCUT2D eigenvalue weighted by molar-refractivity contribution is -0.388. The van der Waals surface area contributed by atoms with E-state index in [1.165, 1.54) is 18.3 Å². The summed E-state index contributed by atoms with van der Waals surface area (Å²) in [5.41, 5.74) is 0.838. The minimum Gasteiger partial charge on any atom is -0.302 e. The van der Waals surface area contributed by atoms with E-state index in [9.17, 15) is 10.1 Å². The molecule has 3 aromatic heterocycles. The van der Waals surface area contributed by atoms with E-state index in [1.54, 1.807) is 12.4 Å². The third-order valence-corrected chi connectivity index (χ3v) is 4.10. The summed E-state index contributed by atoms with van der Waals surface area (Å²) >= 11 is 1.13. The fraction of sp³-hybridized carbons (Fsp3) is 0.143. The Morgan fingerprint density at radius 3 is 2.70 bits per heavy atom. The second-order valence-electron chi connectivity index (χ2n) is 4.47. The summed E-state index contributed by atoms with van der Waals surface area (Å²) in [6, 6.07) is 6.64. The zero-order valence-electron chi connectivity index (χ0n) is 12.2. The van der Waals surface area contributed by atoms with Crippen molar-refractivity contribution in [3.8, 4) is 11.4 Å². The number of hydrogen-bond acceptors (Lipinski definition) is 7. The van der Waals surface area contributed by atoms with Gasteiger partial charge < -0.3 is 4.57 Å². The molecule has 3 rings (SSSR count). The van der Waals surface area contributed by atoms with Gasteiger partial charge in [0.15, 0.2) is 16.0 Å². The second-order valence-corrected chi connectivity index (χ2v) is 5.43. The monoisotopic (exact) mass is 328 g/mol. The first-order chi connectivity index (χ1) is 11.2. The van der Waals surface area contributed by atoms with Gasteiger partial charge in [0, 0.05) is 36.8 Å². The highest BCUT2D eigenvalue weighted by atomic mass is 32.2. The maximum atomic E-state index is 11.1. The summed E-state index contributed by atoms with van der Waals surface area (Å²) in [6.07, 6.45) is 4.88. The van der Waals surface area contributed by atoms with Crippen molar-refractivity contribution in [1.82, 2.24) is 24.7 Å². The van der Waals surface area contributed by atoms with Gasteiger partial charge in [0.2, 0.25) is 0 Å². The van der Waals surface area contributed by atoms with Gasteiger partial charge >= 0.3 is 5.69 Å². The first-order valence-corrected chi connectivity index (χ1v) is 7.63. The van der Waals surface area contributed by atoms with Gasteiger partial charge in [-0.15, -0.1) is 10.2 Å². The molecule has 0 aliphatic carbocycles. The van der Waals surface area contributed by atoms with E-state index in [0.717, 1.165) is 17.3 Å². The summed E-state index contributed by atoms with van der Waals surface area (Å²) in [7, 11) is 0. The maximum absolute atomic E-state index is 11.1. The van der Waals surface area contributed by atoms with Gasteiger partial charge in [-0.3, -0.25) is 15.1 Å². The summed E-state index contributed by atoms with van der Waals surface area (Å²) in [4.78, 5) is 18.7. The zero-order valence-corrected chi connectivity index (χ0v) is 13.0. The van der Waals surface area contributed by atoms with Crippen molar-refractivity contribution in [3.63, 3.8) is 0 Å². The Kier molecular flexibility index (Phi) is 4.29. The van der Waals surface area contributed by atoms with E-state index < -0.39 is 4.92 Å². The number of nitro groups is 1. The minimum absolute atomic E-state index is 0.0476. The molecular formula is C14H12N6O2S. The van der Waals surface area contributed by atoms with Crippen molar-refractivity contribution in [1.29, 1.82) is 0 Å². The predicted octanol–water partition coefficient (Wildman–Crippen LogP) is 2.81. The minimum atomic E-state index is -0.453. The lowest BCUT2D eigenvalue weighted by Gasteiger charge is -2.06. The van der Waals surface area contributed by atoms with Crippen LogP contribution in [0.5, 0.6) is 0 Å². The third kappa shape index (κ3) is 3.04. The topological polar surface area (TPSA) is 99.6 Å². The van der Waals surface area contributed by atoms with Gasteiger partial charge in [-0.05, 0) is 36.9 Å². The highest BCUT2D eigenvalue weighted by Crippen LogP contribution is 2.33. The summed E-state index contributed by atoms with van der Waals surface area (Å²) < 4.78 is 1.89. The van der Waals surface area contributed by atoms with E-state index in [2.05, 4.69) is 20.2 Å². The lowest BCUT2D eigenvalue weighted by Crippen LogP contribution is -2.00. The number of aromatic nitrogens is 5. The van der Waals surface area contributed by atoms with Crippen LogP contribution in [0.1, 0.15) is 6.92 Å². The molecule has 0 atom stereocenters. The first kappa shape index (κ1) is 15.1. The SMILES string of the molecule is CCn1c(Sc2ncccc2[N+](=O)[O-])nnc1-c1ccncc1. The average molecular weight is 328 g/mol. The van der Waals surface area contributed by atoms with E-state index in [4.69, 9.17) is 0 Å². The van der Waals surface area contributed by atoms with Crippen molar-refractivity contribution >= 4 is 17.4 Å². The van der Waals surface area contributed by atoms with Gasteiger partial charge in [0.25, 0.3) is 0 Å². The molecule has 116 valence electrons. The van der Waals surface area contributed by atoms with Crippen LogP contribution in [0.4, 0.5) is 5.69 Å². The molecule has 0 spiro atoms. The molecule has 23 heavy (non-hydrogen) atoms. The van der Waals surface area contributed by atoms with Gasteiger partial charge in [-0.1, -0.05) is 0 Å². The molecule has 0 bridgehead atoms. The number of rotatable bonds is 5. The quantitative estimate of drug-likeness (QED) is 0.524. The van der Waals surface area contributed by atoms with Crippen LogP contribution in [0.3, 0.4) is 0 Å². The van der Waals surface area contributed by atoms with E-state index >= 15 is 0 Å². The van der Waals surface area contributed by atoms with Crippen molar-refractivity contribution in [2.24, 2.45) is 0 Å². The Bertz CT molecular complexity index is 836. The number of hydrogen-bond donors (Lipinski definition) is 0.